The molecule has 0 saturated carbocycles. The summed E-state index contributed by atoms with van der Waals surface area (Å²) in [4.78, 5) is 29.3. The molecule has 2 atom stereocenters. The SMILES string of the molecule is Cc1cc(C[n+]2cnn(CC(OC(=O)C(F)(F)F)(c3ccc(F)cc3F)C(C)Cc3nc(-c4ccc(C#N)cc4)cs3)c2)cc(C)c1OC(=O)CCN.[Br-]. The first kappa shape index (κ1) is 41.7. The number of nitrogens with zero attached hydrogens (tertiary/aromatic N) is 5. The Kier molecular flexibility index (Phi) is 13.4. The number of thiazole rings is 1. The Balaban J connectivity index is 0.00000650. The van der Waals surface area contributed by atoms with Crippen LogP contribution in [-0.4, -0.2) is 39.4 Å². The number of hydrogen-bond donors (Lipinski definition) is 1. The largest absolute Gasteiger partial charge is 1.00 e. The van der Waals surface area contributed by atoms with Crippen molar-refractivity contribution in [3.05, 3.63) is 117 Å². The van der Waals surface area contributed by atoms with Crippen molar-refractivity contribution in [1.29, 1.82) is 5.26 Å². The molecule has 0 aliphatic carbocycles. The van der Waals surface area contributed by atoms with Crippen LogP contribution in [0.4, 0.5) is 22.0 Å². The fourth-order valence-corrected chi connectivity index (χ4v) is 6.92. The molecule has 54 heavy (non-hydrogen) atoms. The minimum Gasteiger partial charge on any atom is -1.00 e. The highest BCUT2D eigenvalue weighted by Crippen LogP contribution is 2.41. The standard InChI is InChI=1S/C37H34F5N6O4S.BrH/c1-22-12-26(13-23(2)34(22)51-33(49)10-11-43)17-47-20-45-48(21-47)19-36(52-35(50)37(40,41)42,29-9-8-28(38)15-30(29)39)24(3)14-32-46-31(18-53-32)27-6-4-25(16-44)5-7-27;/h4-9,12-13,15,18,20-21,24H,10-11,14,17,19,43H2,1-3H3;1H/q+1;/p-1. The molecule has 0 spiro atoms. The molecule has 0 saturated heterocycles. The van der Waals surface area contributed by atoms with Crippen LogP contribution in [0.1, 0.15) is 46.2 Å². The first-order chi connectivity index (χ1) is 25.1. The van der Waals surface area contributed by atoms with Crippen LogP contribution in [0.25, 0.3) is 11.3 Å². The average molecular weight is 834 g/mol. The van der Waals surface area contributed by atoms with Crippen molar-refractivity contribution in [3.63, 3.8) is 0 Å². The number of aryl methyl sites for hydroxylation is 2. The lowest BCUT2D eigenvalue weighted by atomic mass is 9.79. The number of carbonyl (C=O) groups excluding carboxylic acids is 2. The molecule has 2 N–H and O–H groups in total. The van der Waals surface area contributed by atoms with Crippen molar-refractivity contribution >= 4 is 23.3 Å². The predicted octanol–water partition coefficient (Wildman–Crippen LogP) is 3.25. The van der Waals surface area contributed by atoms with E-state index in [2.05, 4.69) is 10.1 Å². The van der Waals surface area contributed by atoms with Crippen molar-refractivity contribution in [2.24, 2.45) is 11.7 Å². The van der Waals surface area contributed by atoms with Gasteiger partial charge in [0.05, 0.1) is 35.3 Å². The highest BCUT2D eigenvalue weighted by Gasteiger charge is 2.52. The van der Waals surface area contributed by atoms with Gasteiger partial charge in [0, 0.05) is 46.6 Å². The zero-order chi connectivity index (χ0) is 38.5. The number of carbonyl (C=O) groups is 2. The molecule has 0 bridgehead atoms. The van der Waals surface area contributed by atoms with Crippen LogP contribution in [0.3, 0.4) is 0 Å². The van der Waals surface area contributed by atoms with E-state index in [1.54, 1.807) is 60.2 Å². The summed E-state index contributed by atoms with van der Waals surface area (Å²) in [5.41, 5.74) is 6.41. The molecule has 0 radical (unpaired) electrons. The molecule has 0 aliphatic heterocycles. The van der Waals surface area contributed by atoms with E-state index in [0.29, 0.717) is 44.8 Å². The minimum absolute atomic E-state index is 0. The topological polar surface area (TPSA) is 137 Å². The molecular weight excluding hydrogens is 799 g/mol. The number of alkyl halides is 3. The maximum absolute atomic E-state index is 15.7. The number of aromatic nitrogens is 4. The van der Waals surface area contributed by atoms with Gasteiger partial charge in [0.15, 0.2) is 5.60 Å². The fourth-order valence-electron chi connectivity index (χ4n) is 5.98. The zero-order valence-corrected chi connectivity index (χ0v) is 31.6. The van der Waals surface area contributed by atoms with Gasteiger partial charge in [-0.1, -0.05) is 19.1 Å². The Bertz CT molecular complexity index is 2150. The summed E-state index contributed by atoms with van der Waals surface area (Å²) in [6.45, 7) is 4.81. The molecule has 0 amide bonds. The third-order valence-electron chi connectivity index (χ3n) is 8.51. The summed E-state index contributed by atoms with van der Waals surface area (Å²) in [5, 5.41) is 15.6. The van der Waals surface area contributed by atoms with Gasteiger partial charge < -0.3 is 32.2 Å². The molecule has 3 aromatic carbocycles. The zero-order valence-electron chi connectivity index (χ0n) is 29.2. The van der Waals surface area contributed by atoms with Gasteiger partial charge >= 0.3 is 18.1 Å². The second kappa shape index (κ2) is 17.4. The lowest BCUT2D eigenvalue weighted by Gasteiger charge is -2.37. The highest BCUT2D eigenvalue weighted by molar-refractivity contribution is 7.09. The lowest BCUT2D eigenvalue weighted by Crippen LogP contribution is -3.00. The molecule has 5 rings (SSSR count). The van der Waals surface area contributed by atoms with E-state index in [1.165, 1.54) is 35.6 Å². The summed E-state index contributed by atoms with van der Waals surface area (Å²) >= 11 is 1.19. The summed E-state index contributed by atoms with van der Waals surface area (Å²) in [5.74, 6) is -5.91. The van der Waals surface area contributed by atoms with Crippen molar-refractivity contribution < 1.29 is 62.6 Å². The molecule has 0 fully saturated rings. The summed E-state index contributed by atoms with van der Waals surface area (Å²) in [6, 6.07) is 14.6. The van der Waals surface area contributed by atoms with Gasteiger partial charge in [0.25, 0.3) is 6.33 Å². The van der Waals surface area contributed by atoms with E-state index >= 15 is 4.39 Å². The van der Waals surface area contributed by atoms with E-state index in [1.807, 2.05) is 6.07 Å². The molecule has 2 unspecified atom stereocenters. The number of hydrogen-bond acceptors (Lipinski definition) is 9. The normalized spacial score (nSPS) is 13.0. The Labute approximate surface area is 321 Å². The molecule has 10 nitrogen and oxygen atoms in total. The van der Waals surface area contributed by atoms with Gasteiger partial charge in [0.1, 0.15) is 23.9 Å². The maximum Gasteiger partial charge on any atom is 0.490 e. The summed E-state index contributed by atoms with van der Waals surface area (Å²) in [6.07, 6.45) is -2.62. The number of benzene rings is 3. The van der Waals surface area contributed by atoms with Crippen molar-refractivity contribution in [3.8, 4) is 23.1 Å². The van der Waals surface area contributed by atoms with E-state index in [-0.39, 0.29) is 42.9 Å². The Morgan fingerprint density at radius 1 is 1.07 bits per heavy atom. The number of nitriles is 1. The van der Waals surface area contributed by atoms with E-state index in [0.717, 1.165) is 17.7 Å². The van der Waals surface area contributed by atoms with Crippen molar-refractivity contribution in [1.82, 2.24) is 14.8 Å². The van der Waals surface area contributed by atoms with Crippen LogP contribution >= 0.6 is 11.3 Å². The van der Waals surface area contributed by atoms with Gasteiger partial charge in [0.2, 0.25) is 6.33 Å². The Morgan fingerprint density at radius 3 is 2.37 bits per heavy atom. The third-order valence-corrected chi connectivity index (χ3v) is 9.38. The van der Waals surface area contributed by atoms with Crippen LogP contribution in [0.2, 0.25) is 0 Å². The van der Waals surface area contributed by atoms with E-state index < -0.39 is 53.4 Å². The number of rotatable bonds is 13. The van der Waals surface area contributed by atoms with E-state index in [4.69, 9.17) is 20.5 Å². The molecule has 284 valence electrons. The van der Waals surface area contributed by atoms with Gasteiger partial charge in [-0.15, -0.1) is 16.0 Å². The lowest BCUT2D eigenvalue weighted by molar-refractivity contribution is -0.689. The smallest absolute Gasteiger partial charge is 0.490 e. The number of ether oxygens (including phenoxy) is 2. The van der Waals surface area contributed by atoms with Gasteiger partial charge in [-0.2, -0.15) is 18.4 Å². The summed E-state index contributed by atoms with van der Waals surface area (Å²) in [7, 11) is 0. The van der Waals surface area contributed by atoms with Crippen molar-refractivity contribution in [2.75, 3.05) is 6.54 Å². The van der Waals surface area contributed by atoms with Crippen LogP contribution in [0.5, 0.6) is 5.75 Å². The van der Waals surface area contributed by atoms with Crippen molar-refractivity contribution in [2.45, 2.75) is 58.5 Å². The Hall–Kier alpha value is -5.05. The number of esters is 2. The molecule has 0 aliphatic rings. The first-order valence-electron chi connectivity index (χ1n) is 16.2. The second-order valence-electron chi connectivity index (χ2n) is 12.5. The molecule has 17 heteroatoms. The molecule has 2 heterocycles. The number of nitrogens with two attached hydrogens (primary N) is 1. The second-order valence-corrected chi connectivity index (χ2v) is 13.5. The molecule has 5 aromatic rings. The highest BCUT2D eigenvalue weighted by atomic mass is 79.9. The Morgan fingerprint density at radius 2 is 1.76 bits per heavy atom. The minimum atomic E-state index is -5.45. The van der Waals surface area contributed by atoms with Crippen LogP contribution in [0, 0.1) is 42.7 Å². The van der Waals surface area contributed by atoms with E-state index in [9.17, 15) is 27.2 Å². The van der Waals surface area contributed by atoms with Gasteiger partial charge in [-0.3, -0.25) is 4.79 Å². The van der Waals surface area contributed by atoms with Crippen LogP contribution in [0.15, 0.2) is 72.6 Å². The number of halogens is 6. The molecular formula is C37H34BrF5N6O4S. The summed E-state index contributed by atoms with van der Waals surface area (Å²) < 4.78 is 85.0. The first-order valence-corrected chi connectivity index (χ1v) is 17.1. The monoisotopic (exact) mass is 832 g/mol. The van der Waals surface area contributed by atoms with Crippen LogP contribution in [-0.2, 0) is 39.4 Å². The van der Waals surface area contributed by atoms with Gasteiger partial charge in [-0.25, -0.2) is 23.1 Å². The maximum atomic E-state index is 15.7. The predicted molar refractivity (Wildman–Crippen MR) is 182 cm³/mol. The quantitative estimate of drug-likeness (QED) is 0.0828. The van der Waals surface area contributed by atoms with Gasteiger partial charge in [-0.05, 0) is 66.9 Å². The fraction of sp³-hybridized carbons (Fsp3) is 0.297. The van der Waals surface area contributed by atoms with Crippen LogP contribution < -0.4 is 32.0 Å². The third kappa shape index (κ3) is 9.73. The molecule has 2 aromatic heterocycles. The average Bonchev–Trinajstić information content (AvgIpc) is 3.75.